The first-order valence-electron chi connectivity index (χ1n) is 8.54. The quantitative estimate of drug-likeness (QED) is 0.922. The summed E-state index contributed by atoms with van der Waals surface area (Å²) in [4.78, 5) is 7.69. The van der Waals surface area contributed by atoms with Crippen molar-refractivity contribution in [1.29, 1.82) is 0 Å². The number of imidazole rings is 1. The number of thiazole rings is 1. The first-order chi connectivity index (χ1) is 10.3. The number of nitrogens with zero attached hydrogens (tertiary/aromatic N) is 2. The lowest BCUT2D eigenvalue weighted by atomic mass is 9.73. The first kappa shape index (κ1) is 16.0. The predicted octanol–water partition coefficient (Wildman–Crippen LogP) is 4.17. The number of rotatable bonds is 3. The van der Waals surface area contributed by atoms with E-state index in [1.165, 1.54) is 41.3 Å². The van der Waals surface area contributed by atoms with Gasteiger partial charge in [-0.05, 0) is 43.1 Å². The lowest BCUT2D eigenvalue weighted by molar-refractivity contribution is 0.216. The molecule has 0 saturated carbocycles. The van der Waals surface area contributed by atoms with Crippen molar-refractivity contribution >= 4 is 16.3 Å². The normalized spacial score (nSPS) is 19.1. The molecule has 1 aliphatic rings. The highest BCUT2D eigenvalue weighted by Crippen LogP contribution is 2.41. The average Bonchev–Trinajstić information content (AvgIpc) is 2.94. The summed E-state index contributed by atoms with van der Waals surface area (Å²) in [5, 5.41) is 0. The molecule has 0 aliphatic heterocycles. The van der Waals surface area contributed by atoms with Crippen LogP contribution in [0.5, 0.6) is 0 Å². The van der Waals surface area contributed by atoms with Gasteiger partial charge in [-0.1, -0.05) is 34.6 Å². The minimum Gasteiger partial charge on any atom is -0.330 e. The lowest BCUT2D eigenvalue weighted by Gasteiger charge is -2.33. The molecule has 0 radical (unpaired) electrons. The van der Waals surface area contributed by atoms with Crippen LogP contribution in [0.2, 0.25) is 0 Å². The average molecular weight is 320 g/mol. The summed E-state index contributed by atoms with van der Waals surface area (Å²) < 4.78 is 2.45. The Morgan fingerprint density at radius 2 is 2.09 bits per heavy atom. The number of aromatic nitrogens is 2. The van der Waals surface area contributed by atoms with Crippen LogP contribution in [0.25, 0.3) is 4.96 Å². The second kappa shape index (κ2) is 5.64. The first-order valence-corrected chi connectivity index (χ1v) is 9.36. The van der Waals surface area contributed by atoms with E-state index < -0.39 is 0 Å². The molecule has 3 rings (SSSR count). The van der Waals surface area contributed by atoms with Crippen molar-refractivity contribution < 1.29 is 0 Å². The van der Waals surface area contributed by atoms with Crippen molar-refractivity contribution in [3.63, 3.8) is 0 Å². The molecule has 0 spiro atoms. The zero-order chi connectivity index (χ0) is 16.1. The maximum absolute atomic E-state index is 5.87. The molecule has 1 atom stereocenters. The third kappa shape index (κ3) is 2.61. The molecular formula is C18H29N3S. The van der Waals surface area contributed by atoms with E-state index in [1.54, 1.807) is 4.88 Å². The zero-order valence-electron chi connectivity index (χ0n) is 14.6. The molecule has 0 fully saturated rings. The van der Waals surface area contributed by atoms with Crippen molar-refractivity contribution in [2.45, 2.75) is 66.2 Å². The molecule has 2 aromatic rings. The third-order valence-corrected chi connectivity index (χ3v) is 6.20. The fourth-order valence-electron chi connectivity index (χ4n) is 3.71. The van der Waals surface area contributed by atoms with Gasteiger partial charge in [0.15, 0.2) is 4.96 Å². The summed E-state index contributed by atoms with van der Waals surface area (Å²) in [7, 11) is 0. The van der Waals surface area contributed by atoms with Crippen molar-refractivity contribution in [3.05, 3.63) is 22.0 Å². The molecule has 0 aromatic carbocycles. The van der Waals surface area contributed by atoms with E-state index in [9.17, 15) is 0 Å². The van der Waals surface area contributed by atoms with Gasteiger partial charge in [-0.25, -0.2) is 4.98 Å². The van der Waals surface area contributed by atoms with E-state index >= 15 is 0 Å². The Bertz CT molecular complexity index is 673. The lowest BCUT2D eigenvalue weighted by Crippen LogP contribution is -2.26. The van der Waals surface area contributed by atoms with Crippen LogP contribution in [0.15, 0.2) is 0 Å². The van der Waals surface area contributed by atoms with E-state index in [0.29, 0.717) is 17.9 Å². The summed E-state index contributed by atoms with van der Waals surface area (Å²) in [6.45, 7) is 12.3. The van der Waals surface area contributed by atoms with Crippen LogP contribution in [-0.4, -0.2) is 15.9 Å². The van der Waals surface area contributed by atoms with Gasteiger partial charge in [-0.2, -0.15) is 0 Å². The maximum Gasteiger partial charge on any atom is 0.194 e. The molecular weight excluding hydrogens is 290 g/mol. The second-order valence-electron chi connectivity index (χ2n) is 8.03. The number of hydrogen-bond acceptors (Lipinski definition) is 3. The van der Waals surface area contributed by atoms with E-state index in [4.69, 9.17) is 10.7 Å². The van der Waals surface area contributed by atoms with Crippen LogP contribution in [0, 0.1) is 11.3 Å². The summed E-state index contributed by atoms with van der Waals surface area (Å²) in [6, 6.07) is 0. The Morgan fingerprint density at radius 3 is 2.68 bits per heavy atom. The monoisotopic (exact) mass is 319 g/mol. The minimum absolute atomic E-state index is 0.396. The molecule has 122 valence electrons. The topological polar surface area (TPSA) is 43.3 Å². The van der Waals surface area contributed by atoms with E-state index in [1.807, 2.05) is 11.3 Å². The van der Waals surface area contributed by atoms with Crippen molar-refractivity contribution in [1.82, 2.24) is 9.38 Å². The highest BCUT2D eigenvalue weighted by atomic mass is 32.1. The van der Waals surface area contributed by atoms with Gasteiger partial charge in [0.05, 0.1) is 5.69 Å². The van der Waals surface area contributed by atoms with Gasteiger partial charge in [-0.3, -0.25) is 4.40 Å². The second-order valence-corrected chi connectivity index (χ2v) is 9.09. The summed E-state index contributed by atoms with van der Waals surface area (Å²) in [5.74, 6) is 1.25. The van der Waals surface area contributed by atoms with Crippen LogP contribution in [0.1, 0.15) is 68.9 Å². The van der Waals surface area contributed by atoms with Crippen LogP contribution < -0.4 is 5.73 Å². The molecule has 2 heterocycles. The molecule has 2 aromatic heterocycles. The molecule has 0 saturated heterocycles. The highest BCUT2D eigenvalue weighted by molar-refractivity contribution is 7.17. The van der Waals surface area contributed by atoms with Gasteiger partial charge in [0.2, 0.25) is 0 Å². The number of fused-ring (bicyclic) bond motifs is 3. The van der Waals surface area contributed by atoms with E-state index in [-0.39, 0.29) is 0 Å². The van der Waals surface area contributed by atoms with Gasteiger partial charge >= 0.3 is 0 Å². The number of nitrogens with two attached hydrogens (primary N) is 1. The highest BCUT2D eigenvalue weighted by Gasteiger charge is 2.32. The van der Waals surface area contributed by atoms with Crippen molar-refractivity contribution in [2.24, 2.45) is 17.1 Å². The fourth-order valence-corrected chi connectivity index (χ4v) is 4.99. The molecule has 0 amide bonds. The van der Waals surface area contributed by atoms with Gasteiger partial charge < -0.3 is 5.73 Å². The standard InChI is InChI=1S/C18H29N3S/c1-11(2)16-14(8-9-19)21-13-7-6-12(18(3,4)5)10-15(13)22-17(21)20-16/h11-12H,6-10,19H2,1-5H3. The van der Waals surface area contributed by atoms with Crippen molar-refractivity contribution in [2.75, 3.05) is 6.54 Å². The van der Waals surface area contributed by atoms with Gasteiger partial charge in [0, 0.05) is 22.7 Å². The van der Waals surface area contributed by atoms with Gasteiger partial charge in [0.1, 0.15) is 0 Å². The summed E-state index contributed by atoms with van der Waals surface area (Å²) in [6.07, 6.45) is 4.62. The third-order valence-electron chi connectivity index (χ3n) is 5.09. The number of hydrogen-bond donors (Lipinski definition) is 1. The van der Waals surface area contributed by atoms with E-state index in [0.717, 1.165) is 12.3 Å². The molecule has 0 bridgehead atoms. The molecule has 1 unspecified atom stereocenters. The fraction of sp³-hybridized carbons (Fsp3) is 0.722. The molecule has 3 nitrogen and oxygen atoms in total. The van der Waals surface area contributed by atoms with Crippen LogP contribution in [0.4, 0.5) is 0 Å². The predicted molar refractivity (Wildman–Crippen MR) is 94.9 cm³/mol. The Balaban J connectivity index is 2.07. The molecule has 2 N–H and O–H groups in total. The van der Waals surface area contributed by atoms with Crippen LogP contribution in [-0.2, 0) is 19.3 Å². The Kier molecular flexibility index (Phi) is 4.11. The SMILES string of the molecule is CC(C)c1nc2sc3c(n2c1CCN)CCC(C(C)(C)C)C3. The largest absolute Gasteiger partial charge is 0.330 e. The Hall–Kier alpha value is -0.870. The Labute approximate surface area is 137 Å². The summed E-state index contributed by atoms with van der Waals surface area (Å²) >= 11 is 1.91. The van der Waals surface area contributed by atoms with Crippen molar-refractivity contribution in [3.8, 4) is 0 Å². The smallest absolute Gasteiger partial charge is 0.194 e. The van der Waals surface area contributed by atoms with Crippen LogP contribution >= 0.6 is 11.3 Å². The number of aryl methyl sites for hydroxylation is 1. The summed E-state index contributed by atoms with van der Waals surface area (Å²) in [5.41, 5.74) is 10.4. The molecule has 22 heavy (non-hydrogen) atoms. The molecule has 1 aliphatic carbocycles. The zero-order valence-corrected chi connectivity index (χ0v) is 15.4. The van der Waals surface area contributed by atoms with E-state index in [2.05, 4.69) is 39.0 Å². The molecule has 4 heteroatoms. The van der Waals surface area contributed by atoms with Gasteiger partial charge in [-0.15, -0.1) is 11.3 Å². The van der Waals surface area contributed by atoms with Crippen LogP contribution in [0.3, 0.4) is 0 Å². The maximum atomic E-state index is 5.87. The van der Waals surface area contributed by atoms with Gasteiger partial charge in [0.25, 0.3) is 0 Å². The Morgan fingerprint density at radius 1 is 1.36 bits per heavy atom. The minimum atomic E-state index is 0.396.